The molecular weight excluding hydrogens is 266 g/mol. The molecule has 2 aromatic rings. The summed E-state index contributed by atoms with van der Waals surface area (Å²) in [5, 5.41) is 5.93. The fraction of sp³-hybridized carbons (Fsp3) is 0.250. The molecule has 0 atom stereocenters. The lowest BCUT2D eigenvalue weighted by atomic mass is 10.2. The number of carbonyl (C=O) groups is 1. The van der Waals surface area contributed by atoms with E-state index in [4.69, 9.17) is 4.74 Å². The maximum absolute atomic E-state index is 12.2. The Balaban J connectivity index is 2.05. The number of hydrogen-bond acceptors (Lipinski definition) is 4. The van der Waals surface area contributed by atoms with Crippen molar-refractivity contribution in [2.24, 2.45) is 0 Å². The van der Waals surface area contributed by atoms with E-state index in [2.05, 4.69) is 15.6 Å². The van der Waals surface area contributed by atoms with Crippen molar-refractivity contribution in [2.75, 3.05) is 23.8 Å². The summed E-state index contributed by atoms with van der Waals surface area (Å²) in [5.41, 5.74) is 1.29. The first-order valence-electron chi connectivity index (χ1n) is 6.97. The first kappa shape index (κ1) is 14.8. The number of aromatic nitrogens is 1. The molecular formula is C16H19N3O2. The number of carbonyl (C=O) groups excluding carboxylic acids is 1. The van der Waals surface area contributed by atoms with E-state index in [1.165, 1.54) is 0 Å². The van der Waals surface area contributed by atoms with Crippen molar-refractivity contribution in [1.82, 2.24) is 4.98 Å². The second-order valence-corrected chi connectivity index (χ2v) is 4.37. The third kappa shape index (κ3) is 4.21. The van der Waals surface area contributed by atoms with Crippen LogP contribution in [0.15, 0.2) is 42.6 Å². The van der Waals surface area contributed by atoms with Gasteiger partial charge in [-0.25, -0.2) is 4.98 Å². The minimum atomic E-state index is -0.166. The summed E-state index contributed by atoms with van der Waals surface area (Å²) in [7, 11) is 0. The molecule has 5 nitrogen and oxygen atoms in total. The SMILES string of the molecule is CCNc1cc(C(=O)Nc2ccc(OCC)cc2)ccn1. The number of ether oxygens (including phenoxy) is 1. The summed E-state index contributed by atoms with van der Waals surface area (Å²) in [6.45, 7) is 5.29. The Bertz CT molecular complexity index is 597. The largest absolute Gasteiger partial charge is 0.494 e. The zero-order chi connectivity index (χ0) is 15.1. The van der Waals surface area contributed by atoms with Gasteiger partial charge in [-0.2, -0.15) is 0 Å². The van der Waals surface area contributed by atoms with Gasteiger partial charge in [0.1, 0.15) is 11.6 Å². The minimum Gasteiger partial charge on any atom is -0.494 e. The van der Waals surface area contributed by atoms with Crippen molar-refractivity contribution in [1.29, 1.82) is 0 Å². The molecule has 2 rings (SSSR count). The topological polar surface area (TPSA) is 63.2 Å². The molecule has 0 saturated carbocycles. The normalized spacial score (nSPS) is 10.0. The maximum atomic E-state index is 12.2. The van der Waals surface area contributed by atoms with Crippen molar-refractivity contribution in [2.45, 2.75) is 13.8 Å². The van der Waals surface area contributed by atoms with Crippen molar-refractivity contribution in [3.8, 4) is 5.75 Å². The fourth-order valence-electron chi connectivity index (χ4n) is 1.85. The van der Waals surface area contributed by atoms with Crippen molar-refractivity contribution in [3.05, 3.63) is 48.2 Å². The first-order valence-corrected chi connectivity index (χ1v) is 6.97. The average Bonchev–Trinajstić information content (AvgIpc) is 2.50. The molecule has 1 amide bonds. The summed E-state index contributed by atoms with van der Waals surface area (Å²) >= 11 is 0. The molecule has 0 aliphatic heterocycles. The van der Waals surface area contributed by atoms with Gasteiger partial charge in [-0.3, -0.25) is 4.79 Å². The summed E-state index contributed by atoms with van der Waals surface area (Å²) < 4.78 is 5.36. The highest BCUT2D eigenvalue weighted by Crippen LogP contribution is 2.17. The molecule has 1 aromatic carbocycles. The van der Waals surface area contributed by atoms with E-state index in [0.717, 1.165) is 18.0 Å². The molecule has 21 heavy (non-hydrogen) atoms. The molecule has 1 heterocycles. The van der Waals surface area contributed by atoms with Gasteiger partial charge in [0.25, 0.3) is 5.91 Å². The molecule has 0 fully saturated rings. The lowest BCUT2D eigenvalue weighted by molar-refractivity contribution is 0.102. The highest BCUT2D eigenvalue weighted by Gasteiger charge is 2.07. The number of anilines is 2. The maximum Gasteiger partial charge on any atom is 0.255 e. The molecule has 1 aromatic heterocycles. The molecule has 0 radical (unpaired) electrons. The smallest absolute Gasteiger partial charge is 0.255 e. The Labute approximate surface area is 124 Å². The number of nitrogens with zero attached hydrogens (tertiary/aromatic N) is 1. The van der Waals surface area contributed by atoms with Gasteiger partial charge in [0.05, 0.1) is 6.61 Å². The second kappa shape index (κ2) is 7.28. The van der Waals surface area contributed by atoms with Crippen LogP contribution in [-0.4, -0.2) is 24.0 Å². The van der Waals surface area contributed by atoms with E-state index < -0.39 is 0 Å². The third-order valence-corrected chi connectivity index (χ3v) is 2.80. The van der Waals surface area contributed by atoms with E-state index in [1.54, 1.807) is 18.3 Å². The Kier molecular flexibility index (Phi) is 5.15. The van der Waals surface area contributed by atoms with E-state index in [-0.39, 0.29) is 5.91 Å². The van der Waals surface area contributed by atoms with Gasteiger partial charge >= 0.3 is 0 Å². The number of nitrogens with one attached hydrogen (secondary N) is 2. The van der Waals surface area contributed by atoms with E-state index in [9.17, 15) is 4.79 Å². The van der Waals surface area contributed by atoms with Crippen LogP contribution in [0, 0.1) is 0 Å². The van der Waals surface area contributed by atoms with E-state index >= 15 is 0 Å². The van der Waals surface area contributed by atoms with Gasteiger partial charge in [-0.1, -0.05) is 0 Å². The highest BCUT2D eigenvalue weighted by molar-refractivity contribution is 6.04. The Morgan fingerprint density at radius 3 is 2.62 bits per heavy atom. The number of amides is 1. The first-order chi connectivity index (χ1) is 10.2. The molecule has 0 bridgehead atoms. The van der Waals surface area contributed by atoms with Crippen molar-refractivity contribution >= 4 is 17.4 Å². The van der Waals surface area contributed by atoms with Crippen LogP contribution in [0.3, 0.4) is 0 Å². The Morgan fingerprint density at radius 2 is 1.95 bits per heavy atom. The molecule has 5 heteroatoms. The lowest BCUT2D eigenvalue weighted by Gasteiger charge is -2.08. The van der Waals surface area contributed by atoms with Crippen LogP contribution in [0.25, 0.3) is 0 Å². The summed E-state index contributed by atoms with van der Waals surface area (Å²) in [6.07, 6.45) is 1.62. The van der Waals surface area contributed by atoms with Crippen LogP contribution >= 0.6 is 0 Å². The van der Waals surface area contributed by atoms with Crippen molar-refractivity contribution < 1.29 is 9.53 Å². The number of hydrogen-bond donors (Lipinski definition) is 2. The van der Waals surface area contributed by atoms with Gasteiger partial charge < -0.3 is 15.4 Å². The van der Waals surface area contributed by atoms with Crippen molar-refractivity contribution in [3.63, 3.8) is 0 Å². The third-order valence-electron chi connectivity index (χ3n) is 2.80. The van der Waals surface area contributed by atoms with Crippen LogP contribution < -0.4 is 15.4 Å². The zero-order valence-electron chi connectivity index (χ0n) is 12.2. The Morgan fingerprint density at radius 1 is 1.19 bits per heavy atom. The predicted molar refractivity (Wildman–Crippen MR) is 84.0 cm³/mol. The molecule has 0 saturated heterocycles. The van der Waals surface area contributed by atoms with Gasteiger partial charge in [-0.15, -0.1) is 0 Å². The Hall–Kier alpha value is -2.56. The summed E-state index contributed by atoms with van der Waals surface area (Å²) in [4.78, 5) is 16.3. The van der Waals surface area contributed by atoms with Crippen LogP contribution in [0.5, 0.6) is 5.75 Å². The molecule has 0 aliphatic rings. The van der Waals surface area contributed by atoms with Crippen LogP contribution in [0.2, 0.25) is 0 Å². The van der Waals surface area contributed by atoms with Crippen LogP contribution in [-0.2, 0) is 0 Å². The molecule has 0 spiro atoms. The fourth-order valence-corrected chi connectivity index (χ4v) is 1.85. The minimum absolute atomic E-state index is 0.166. The second-order valence-electron chi connectivity index (χ2n) is 4.37. The van der Waals surface area contributed by atoms with Gasteiger partial charge in [-0.05, 0) is 50.2 Å². The zero-order valence-corrected chi connectivity index (χ0v) is 12.2. The molecule has 110 valence electrons. The number of benzene rings is 1. The van der Waals surface area contributed by atoms with Crippen LogP contribution in [0.1, 0.15) is 24.2 Å². The van der Waals surface area contributed by atoms with E-state index in [0.29, 0.717) is 18.0 Å². The summed E-state index contributed by atoms with van der Waals surface area (Å²) in [6, 6.07) is 10.7. The van der Waals surface area contributed by atoms with Gasteiger partial charge in [0, 0.05) is 24.0 Å². The standard InChI is InChI=1S/C16H19N3O2/c1-3-17-15-11-12(9-10-18-15)16(20)19-13-5-7-14(8-6-13)21-4-2/h5-11H,3-4H2,1-2H3,(H,17,18)(H,19,20). The molecule has 0 unspecified atom stereocenters. The van der Waals surface area contributed by atoms with E-state index in [1.807, 2.05) is 38.1 Å². The summed E-state index contributed by atoms with van der Waals surface area (Å²) in [5.74, 6) is 1.31. The van der Waals surface area contributed by atoms with Gasteiger partial charge in [0.15, 0.2) is 0 Å². The highest BCUT2D eigenvalue weighted by atomic mass is 16.5. The number of rotatable bonds is 6. The molecule has 0 aliphatic carbocycles. The number of pyridine rings is 1. The monoisotopic (exact) mass is 285 g/mol. The average molecular weight is 285 g/mol. The van der Waals surface area contributed by atoms with Gasteiger partial charge in [0.2, 0.25) is 0 Å². The molecule has 2 N–H and O–H groups in total. The lowest BCUT2D eigenvalue weighted by Crippen LogP contribution is -2.12. The quantitative estimate of drug-likeness (QED) is 0.855. The predicted octanol–water partition coefficient (Wildman–Crippen LogP) is 3.16. The van der Waals surface area contributed by atoms with Crippen LogP contribution in [0.4, 0.5) is 11.5 Å².